The van der Waals surface area contributed by atoms with Crippen molar-refractivity contribution in [3.8, 4) is 0 Å². The van der Waals surface area contributed by atoms with Crippen LogP contribution in [0.1, 0.15) is 23.0 Å². The van der Waals surface area contributed by atoms with Crippen molar-refractivity contribution < 1.29 is 13.9 Å². The Morgan fingerprint density at radius 3 is 2.76 bits per heavy atom. The molecule has 6 heteroatoms. The molecule has 0 aliphatic carbocycles. The number of para-hydroxylation sites is 1. The highest BCUT2D eigenvalue weighted by atomic mass is 16.5. The van der Waals surface area contributed by atoms with E-state index in [9.17, 15) is 9.59 Å². The SMILES string of the molecule is CCOC(=O)c1cc2c(=O)c3ccccc3oc2nc1/C=C/N(C)C. The number of fused-ring (bicyclic) bond motifs is 2. The molecule has 0 fully saturated rings. The Labute approximate surface area is 144 Å². The van der Waals surface area contributed by atoms with Gasteiger partial charge in [0.25, 0.3) is 0 Å². The lowest BCUT2D eigenvalue weighted by Crippen LogP contribution is -2.11. The second-order valence-electron chi connectivity index (χ2n) is 5.70. The zero-order valence-corrected chi connectivity index (χ0v) is 14.3. The van der Waals surface area contributed by atoms with Crippen LogP contribution in [0.15, 0.2) is 45.7 Å². The maximum absolute atomic E-state index is 12.7. The Hall–Kier alpha value is -3.15. The number of aromatic nitrogens is 1. The average Bonchev–Trinajstić information content (AvgIpc) is 2.59. The van der Waals surface area contributed by atoms with Gasteiger partial charge in [0, 0.05) is 20.3 Å². The standard InChI is InChI=1S/C19H18N2O4/c1-4-24-19(23)13-11-14-17(22)12-7-5-6-8-16(12)25-18(14)20-15(13)9-10-21(2)3/h5-11H,4H2,1-3H3/b10-9+. The minimum absolute atomic E-state index is 0.190. The summed E-state index contributed by atoms with van der Waals surface area (Å²) in [4.78, 5) is 31.2. The van der Waals surface area contributed by atoms with Gasteiger partial charge in [0.2, 0.25) is 11.1 Å². The highest BCUT2D eigenvalue weighted by Gasteiger charge is 2.17. The van der Waals surface area contributed by atoms with Crippen molar-refractivity contribution in [1.29, 1.82) is 0 Å². The summed E-state index contributed by atoms with van der Waals surface area (Å²) in [5.41, 5.74) is 1.04. The number of carbonyl (C=O) groups excluding carboxylic acids is 1. The number of benzene rings is 1. The minimum Gasteiger partial charge on any atom is -0.462 e. The molecule has 0 unspecified atom stereocenters. The number of ether oxygens (including phenoxy) is 1. The summed E-state index contributed by atoms with van der Waals surface area (Å²) in [5, 5.41) is 0.701. The van der Waals surface area contributed by atoms with Crippen molar-refractivity contribution in [3.05, 3.63) is 58.0 Å². The monoisotopic (exact) mass is 338 g/mol. The predicted molar refractivity (Wildman–Crippen MR) is 96.5 cm³/mol. The second kappa shape index (κ2) is 6.76. The molecule has 0 atom stereocenters. The van der Waals surface area contributed by atoms with Gasteiger partial charge in [-0.2, -0.15) is 0 Å². The largest absolute Gasteiger partial charge is 0.462 e. The molecule has 6 nitrogen and oxygen atoms in total. The third-order valence-corrected chi connectivity index (χ3v) is 3.63. The molecule has 0 saturated heterocycles. The van der Waals surface area contributed by atoms with E-state index in [0.29, 0.717) is 16.7 Å². The number of pyridine rings is 1. The summed E-state index contributed by atoms with van der Waals surface area (Å²) < 4.78 is 10.9. The molecule has 0 aliphatic heterocycles. The lowest BCUT2D eigenvalue weighted by atomic mass is 10.1. The zero-order chi connectivity index (χ0) is 18.0. The molecular formula is C19H18N2O4. The van der Waals surface area contributed by atoms with Crippen LogP contribution in [0.4, 0.5) is 0 Å². The van der Waals surface area contributed by atoms with Gasteiger partial charge in [-0.1, -0.05) is 12.1 Å². The average molecular weight is 338 g/mol. The van der Waals surface area contributed by atoms with Crippen molar-refractivity contribution in [2.75, 3.05) is 20.7 Å². The van der Waals surface area contributed by atoms with E-state index in [1.165, 1.54) is 6.07 Å². The van der Waals surface area contributed by atoms with Crippen LogP contribution < -0.4 is 5.43 Å². The van der Waals surface area contributed by atoms with E-state index < -0.39 is 5.97 Å². The van der Waals surface area contributed by atoms with Crippen LogP contribution in [-0.2, 0) is 4.74 Å². The quantitative estimate of drug-likeness (QED) is 0.538. The van der Waals surface area contributed by atoms with Gasteiger partial charge in [-0.05, 0) is 31.2 Å². The van der Waals surface area contributed by atoms with Gasteiger partial charge in [-0.3, -0.25) is 4.79 Å². The lowest BCUT2D eigenvalue weighted by Gasteiger charge is -2.09. The van der Waals surface area contributed by atoms with Crippen molar-refractivity contribution >= 4 is 34.1 Å². The van der Waals surface area contributed by atoms with Crippen LogP contribution in [0.2, 0.25) is 0 Å². The highest BCUT2D eigenvalue weighted by molar-refractivity contribution is 5.98. The van der Waals surface area contributed by atoms with Crippen molar-refractivity contribution in [2.24, 2.45) is 0 Å². The maximum atomic E-state index is 12.7. The summed E-state index contributed by atoms with van der Waals surface area (Å²) >= 11 is 0. The molecule has 0 aliphatic rings. The number of rotatable bonds is 4. The predicted octanol–water partition coefficient (Wildman–Crippen LogP) is 3.05. The van der Waals surface area contributed by atoms with Gasteiger partial charge in [0.05, 0.1) is 28.6 Å². The molecule has 1 aromatic carbocycles. The Kier molecular flexibility index (Phi) is 4.52. The molecule has 2 heterocycles. The second-order valence-corrected chi connectivity index (χ2v) is 5.70. The lowest BCUT2D eigenvalue weighted by molar-refractivity contribution is 0.0526. The zero-order valence-electron chi connectivity index (χ0n) is 14.3. The fraction of sp³-hybridized carbons (Fsp3) is 0.211. The first-order valence-corrected chi connectivity index (χ1v) is 7.89. The molecule has 0 N–H and O–H groups in total. The molecule has 2 aromatic heterocycles. The van der Waals surface area contributed by atoms with Gasteiger partial charge in [-0.15, -0.1) is 0 Å². The van der Waals surface area contributed by atoms with Crippen LogP contribution in [0.3, 0.4) is 0 Å². The van der Waals surface area contributed by atoms with E-state index in [4.69, 9.17) is 9.15 Å². The summed E-state index contributed by atoms with van der Waals surface area (Å²) in [6, 6.07) is 8.45. The van der Waals surface area contributed by atoms with E-state index in [-0.39, 0.29) is 28.7 Å². The molecule has 128 valence electrons. The molecule has 3 aromatic rings. The Morgan fingerprint density at radius 1 is 1.28 bits per heavy atom. The summed E-state index contributed by atoms with van der Waals surface area (Å²) in [5.74, 6) is -0.525. The third-order valence-electron chi connectivity index (χ3n) is 3.63. The first-order valence-electron chi connectivity index (χ1n) is 7.89. The fourth-order valence-electron chi connectivity index (χ4n) is 2.46. The van der Waals surface area contributed by atoms with Crippen LogP contribution in [-0.4, -0.2) is 36.6 Å². The van der Waals surface area contributed by atoms with E-state index in [2.05, 4.69) is 4.98 Å². The van der Waals surface area contributed by atoms with Crippen LogP contribution in [0.5, 0.6) is 0 Å². The molecule has 0 amide bonds. The number of hydrogen-bond acceptors (Lipinski definition) is 6. The molecule has 0 bridgehead atoms. The van der Waals surface area contributed by atoms with Gasteiger partial charge in [0.15, 0.2) is 0 Å². The summed E-state index contributed by atoms with van der Waals surface area (Å²) in [6.07, 6.45) is 3.44. The Morgan fingerprint density at radius 2 is 2.04 bits per heavy atom. The van der Waals surface area contributed by atoms with E-state index in [0.717, 1.165) is 0 Å². The Bertz CT molecular complexity index is 1030. The van der Waals surface area contributed by atoms with Crippen LogP contribution in [0.25, 0.3) is 28.1 Å². The highest BCUT2D eigenvalue weighted by Crippen LogP contribution is 2.21. The van der Waals surface area contributed by atoms with Crippen molar-refractivity contribution in [2.45, 2.75) is 6.92 Å². The van der Waals surface area contributed by atoms with Gasteiger partial charge < -0.3 is 14.1 Å². The Balaban J connectivity index is 2.32. The fourth-order valence-corrected chi connectivity index (χ4v) is 2.46. The first kappa shape index (κ1) is 16.7. The molecule has 0 spiro atoms. The molecule has 0 radical (unpaired) electrons. The topological polar surface area (TPSA) is 72.6 Å². The first-order chi connectivity index (χ1) is 12.0. The smallest absolute Gasteiger partial charge is 0.340 e. The molecular weight excluding hydrogens is 320 g/mol. The van der Waals surface area contributed by atoms with Crippen molar-refractivity contribution in [1.82, 2.24) is 9.88 Å². The molecule has 0 saturated carbocycles. The summed E-state index contributed by atoms with van der Waals surface area (Å²) in [7, 11) is 3.71. The maximum Gasteiger partial charge on any atom is 0.340 e. The molecule has 3 rings (SSSR count). The van der Waals surface area contributed by atoms with Crippen LogP contribution in [0, 0.1) is 0 Å². The van der Waals surface area contributed by atoms with Gasteiger partial charge in [0.1, 0.15) is 5.58 Å². The minimum atomic E-state index is -0.525. The number of esters is 1. The van der Waals surface area contributed by atoms with Crippen molar-refractivity contribution in [3.63, 3.8) is 0 Å². The van der Waals surface area contributed by atoms with Crippen LogP contribution >= 0.6 is 0 Å². The number of carbonyl (C=O) groups is 1. The van der Waals surface area contributed by atoms with Gasteiger partial charge >= 0.3 is 5.97 Å². The van der Waals surface area contributed by atoms with E-state index >= 15 is 0 Å². The summed E-state index contributed by atoms with van der Waals surface area (Å²) in [6.45, 7) is 1.96. The number of nitrogens with zero attached hydrogens (tertiary/aromatic N) is 2. The van der Waals surface area contributed by atoms with E-state index in [1.54, 1.807) is 43.5 Å². The van der Waals surface area contributed by atoms with E-state index in [1.807, 2.05) is 19.0 Å². The molecule has 25 heavy (non-hydrogen) atoms. The third kappa shape index (κ3) is 3.24. The number of hydrogen-bond donors (Lipinski definition) is 0. The normalized spacial score (nSPS) is 11.3. The van der Waals surface area contributed by atoms with Gasteiger partial charge in [-0.25, -0.2) is 9.78 Å².